The topological polar surface area (TPSA) is 148 Å². The van der Waals surface area contributed by atoms with Crippen molar-refractivity contribution in [1.29, 1.82) is 0 Å². The van der Waals surface area contributed by atoms with Gasteiger partial charge in [0.1, 0.15) is 24.1 Å². The maximum atomic E-state index is 14.5. The Morgan fingerprint density at radius 2 is 1.87 bits per heavy atom. The molecule has 2 amide bonds. The first-order valence-electron chi connectivity index (χ1n) is 14.8. The highest BCUT2D eigenvalue weighted by Gasteiger charge is 2.67. The Bertz CT molecular complexity index is 1740. The van der Waals surface area contributed by atoms with Crippen LogP contribution >= 0.6 is 19.2 Å². The minimum Gasteiger partial charge on any atom is -0.350 e. The summed E-state index contributed by atoms with van der Waals surface area (Å²) >= 11 is 5.92. The Morgan fingerprint density at radius 1 is 1.13 bits per heavy atom. The summed E-state index contributed by atoms with van der Waals surface area (Å²) in [5.41, 5.74) is 0.263. The minimum atomic E-state index is -4.63. The largest absolute Gasteiger partial charge is 0.356 e. The number of ketones is 1. The van der Waals surface area contributed by atoms with E-state index in [-0.39, 0.29) is 57.4 Å². The molecular weight excluding hydrogens is 626 g/mol. The average Bonchev–Trinajstić information content (AvgIpc) is 3.39. The number of rotatable bonds is 9. The van der Waals surface area contributed by atoms with Crippen molar-refractivity contribution < 1.29 is 33.1 Å². The number of aromatic nitrogens is 2. The fraction of sp³-hybridized carbons (Fsp3) is 0.467. The van der Waals surface area contributed by atoms with Gasteiger partial charge in [0.15, 0.2) is 5.78 Å². The molecule has 1 saturated carbocycles. The minimum absolute atomic E-state index is 0.0509. The maximum Gasteiger partial charge on any atom is 0.356 e. The Balaban J connectivity index is 1.28. The number of likely N-dealkylation sites (tertiary alicyclic amines) is 1. The van der Waals surface area contributed by atoms with Crippen LogP contribution < -0.4 is 10.6 Å². The summed E-state index contributed by atoms with van der Waals surface area (Å²) in [5.74, 6) is -1.80. The number of piperazine rings is 1. The number of likely N-dealkylation sites (N-methyl/N-ethyl adjacent to an activating group) is 1. The monoisotopic (exact) mass is 660 g/mol. The zero-order valence-corrected chi connectivity index (χ0v) is 26.6. The molecule has 0 bridgehead atoms. The van der Waals surface area contributed by atoms with Gasteiger partial charge in [-0.05, 0) is 44.2 Å². The van der Waals surface area contributed by atoms with Crippen molar-refractivity contribution in [2.24, 2.45) is 5.41 Å². The van der Waals surface area contributed by atoms with E-state index in [1.165, 1.54) is 41.9 Å². The third kappa shape index (κ3) is 6.17. The van der Waals surface area contributed by atoms with Crippen LogP contribution in [0.5, 0.6) is 0 Å². The van der Waals surface area contributed by atoms with E-state index in [1.54, 1.807) is 11.0 Å². The number of nitrogens with zero attached hydrogens (tertiary/aromatic N) is 5. The van der Waals surface area contributed by atoms with E-state index in [1.807, 2.05) is 0 Å². The lowest BCUT2D eigenvalue weighted by Gasteiger charge is -2.34. The molecule has 1 aliphatic carbocycles. The molecule has 3 atom stereocenters. The number of carbonyl (C=O) groups is 3. The summed E-state index contributed by atoms with van der Waals surface area (Å²) in [6, 6.07) is 7.45. The average molecular weight is 661 g/mol. The van der Waals surface area contributed by atoms with E-state index >= 15 is 0 Å². The predicted molar refractivity (Wildman–Crippen MR) is 165 cm³/mol. The van der Waals surface area contributed by atoms with E-state index in [9.17, 15) is 33.1 Å². The molecule has 3 aliphatic rings. The van der Waals surface area contributed by atoms with Crippen molar-refractivity contribution in [3.63, 3.8) is 0 Å². The molecule has 3 fully saturated rings. The highest BCUT2D eigenvalue weighted by atomic mass is 35.5. The lowest BCUT2D eigenvalue weighted by molar-refractivity contribution is -0.140. The highest BCUT2D eigenvalue weighted by molar-refractivity contribution is 7.60. The second-order valence-electron chi connectivity index (χ2n) is 12.4. The predicted octanol–water partition coefficient (Wildman–Crippen LogP) is 1.76. The molecule has 2 aliphatic heterocycles. The lowest BCUT2D eigenvalue weighted by Crippen LogP contribution is -2.48. The molecule has 0 unspecified atom stereocenters. The quantitative estimate of drug-likeness (QED) is 0.231. The zero-order valence-electron chi connectivity index (χ0n) is 24.9. The van der Waals surface area contributed by atoms with E-state index in [2.05, 4.69) is 27.3 Å². The van der Waals surface area contributed by atoms with E-state index < -0.39 is 31.3 Å². The standard InChI is InChI=1S/C30H35ClFN6O6P/c1-18(39)28-21-7-6-20(45(42,43)44)12-23(21)37(34-28)16-26(40)38-24(29(41)33-15-19-4-3-5-22(31)27(19)32)13-30(14-25(30)38)17-36-10-8-35(2)9-11-36/h3-7,12,24-25H,8-11,13-17H2,1-2H3,(H,33,41)(H2,42,43,44)/t24-,25-,30+/m0/s1. The molecule has 2 aromatic carbocycles. The van der Waals surface area contributed by atoms with Gasteiger partial charge < -0.3 is 29.8 Å². The molecule has 45 heavy (non-hydrogen) atoms. The van der Waals surface area contributed by atoms with Gasteiger partial charge in [-0.3, -0.25) is 23.6 Å². The van der Waals surface area contributed by atoms with Gasteiger partial charge in [-0.2, -0.15) is 5.10 Å². The van der Waals surface area contributed by atoms with E-state index in [4.69, 9.17) is 11.6 Å². The van der Waals surface area contributed by atoms with Crippen LogP contribution in [0, 0.1) is 11.2 Å². The fourth-order valence-electron chi connectivity index (χ4n) is 6.81. The van der Waals surface area contributed by atoms with Crippen molar-refractivity contribution >= 4 is 53.0 Å². The lowest BCUT2D eigenvalue weighted by atomic mass is 9.97. The van der Waals surface area contributed by atoms with Gasteiger partial charge in [-0.15, -0.1) is 0 Å². The summed E-state index contributed by atoms with van der Waals surface area (Å²) in [7, 11) is -2.55. The fourth-order valence-corrected chi connectivity index (χ4v) is 7.56. The second-order valence-corrected chi connectivity index (χ2v) is 14.4. The third-order valence-corrected chi connectivity index (χ3v) is 10.6. The van der Waals surface area contributed by atoms with E-state index in [0.29, 0.717) is 11.8 Å². The van der Waals surface area contributed by atoms with Crippen molar-refractivity contribution in [2.75, 3.05) is 39.8 Å². The summed E-state index contributed by atoms with van der Waals surface area (Å²) in [6.45, 7) is 5.26. The van der Waals surface area contributed by atoms with Gasteiger partial charge in [-0.1, -0.05) is 23.7 Å². The summed E-state index contributed by atoms with van der Waals surface area (Å²) in [5, 5.41) is 7.18. The molecule has 3 heterocycles. The van der Waals surface area contributed by atoms with E-state index in [0.717, 1.165) is 39.1 Å². The highest BCUT2D eigenvalue weighted by Crippen LogP contribution is 2.60. The Morgan fingerprint density at radius 3 is 2.56 bits per heavy atom. The van der Waals surface area contributed by atoms with Crippen LogP contribution in [0.3, 0.4) is 0 Å². The van der Waals surface area contributed by atoms with Crippen LogP contribution in [0.1, 0.15) is 35.8 Å². The number of amides is 2. The van der Waals surface area contributed by atoms with Crippen LogP contribution in [-0.2, 0) is 27.2 Å². The molecular formula is C30H35ClFN6O6P. The zero-order chi connectivity index (χ0) is 32.3. The van der Waals surface area contributed by atoms with Gasteiger partial charge in [-0.25, -0.2) is 4.39 Å². The van der Waals surface area contributed by atoms with Crippen LogP contribution in [0.4, 0.5) is 4.39 Å². The molecule has 3 N–H and O–H groups in total. The van der Waals surface area contributed by atoms with Gasteiger partial charge >= 0.3 is 7.60 Å². The number of nitrogens with one attached hydrogen (secondary N) is 1. The molecule has 2 saturated heterocycles. The smallest absolute Gasteiger partial charge is 0.350 e. The Kier molecular flexibility index (Phi) is 8.38. The summed E-state index contributed by atoms with van der Waals surface area (Å²) in [6.07, 6.45) is 1.18. The first-order chi connectivity index (χ1) is 21.3. The van der Waals surface area contributed by atoms with Crippen LogP contribution in [0.15, 0.2) is 36.4 Å². The third-order valence-electron chi connectivity index (χ3n) is 9.32. The molecule has 12 nitrogen and oxygen atoms in total. The molecule has 1 aromatic heterocycles. The summed E-state index contributed by atoms with van der Waals surface area (Å²) in [4.78, 5) is 65.8. The van der Waals surface area contributed by atoms with Crippen molar-refractivity contribution in [2.45, 2.75) is 44.9 Å². The molecule has 15 heteroatoms. The van der Waals surface area contributed by atoms with Crippen molar-refractivity contribution in [3.05, 3.63) is 58.5 Å². The van der Waals surface area contributed by atoms with Crippen LogP contribution in [0.25, 0.3) is 10.9 Å². The molecule has 3 aromatic rings. The number of hydrogen-bond donors (Lipinski definition) is 3. The summed E-state index contributed by atoms with van der Waals surface area (Å²) < 4.78 is 27.8. The first-order valence-corrected chi connectivity index (χ1v) is 16.8. The number of benzene rings is 2. The number of halogens is 2. The van der Waals surface area contributed by atoms with Gasteiger partial charge in [0.2, 0.25) is 11.8 Å². The number of piperidine rings is 1. The Labute approximate surface area is 264 Å². The number of carbonyl (C=O) groups excluding carboxylic acids is 3. The van der Waals surface area contributed by atoms with Crippen LogP contribution in [0.2, 0.25) is 5.02 Å². The Hall–Kier alpha value is -3.19. The molecule has 240 valence electrons. The molecule has 6 rings (SSSR count). The second kappa shape index (κ2) is 11.9. The van der Waals surface area contributed by atoms with Crippen molar-refractivity contribution in [3.8, 4) is 0 Å². The van der Waals surface area contributed by atoms with Crippen LogP contribution in [-0.4, -0.2) is 104 Å². The first kappa shape index (κ1) is 31.8. The number of Topliss-reactive ketones (excluding diaryl/α,β-unsaturated/α-hetero) is 1. The van der Waals surface area contributed by atoms with Gasteiger partial charge in [0.05, 0.1) is 15.8 Å². The normalized spacial score (nSPS) is 23.7. The number of fused-ring (bicyclic) bond motifs is 2. The number of hydrogen-bond acceptors (Lipinski definition) is 7. The van der Waals surface area contributed by atoms with Crippen molar-refractivity contribution in [1.82, 2.24) is 29.8 Å². The molecule has 0 spiro atoms. The molecule has 0 radical (unpaired) electrons. The maximum absolute atomic E-state index is 14.5. The SMILES string of the molecule is CC(=O)c1nn(CC(=O)N2[C@H]3C[C@@]3(CN3CCN(C)CC3)C[C@H]2C(=O)NCc2cccc(Cl)c2F)c2cc(P(=O)(O)O)ccc12. The van der Waals surface area contributed by atoms with Gasteiger partial charge in [0, 0.05) is 68.6 Å². The van der Waals surface area contributed by atoms with Gasteiger partial charge in [0.25, 0.3) is 0 Å².